The van der Waals surface area contributed by atoms with E-state index in [9.17, 15) is 4.79 Å². The van der Waals surface area contributed by atoms with E-state index in [2.05, 4.69) is 0 Å². The van der Waals surface area contributed by atoms with E-state index in [0.717, 1.165) is 0 Å². The minimum Gasteiger partial charge on any atom is -0.478 e. The Labute approximate surface area is 64.2 Å². The molecule has 0 fully saturated rings. The molecule has 0 spiro atoms. The van der Waals surface area contributed by atoms with Crippen molar-refractivity contribution in [3.63, 3.8) is 0 Å². The van der Waals surface area contributed by atoms with E-state index in [1.807, 2.05) is 0 Å². The molecule has 0 aromatic rings. The van der Waals surface area contributed by atoms with Gasteiger partial charge in [-0.1, -0.05) is 12.2 Å². The number of hydrogen-bond acceptors (Lipinski definition) is 3. The third kappa shape index (κ3) is 1.89. The molecule has 4 nitrogen and oxygen atoms in total. The van der Waals surface area contributed by atoms with Crippen molar-refractivity contribution in [1.82, 2.24) is 0 Å². The van der Waals surface area contributed by atoms with Gasteiger partial charge in [0.25, 0.3) is 0 Å². The fourth-order valence-electron chi connectivity index (χ4n) is 0.920. The predicted molar refractivity (Wildman–Crippen MR) is 40.6 cm³/mol. The zero-order valence-electron chi connectivity index (χ0n) is 5.95. The van der Waals surface area contributed by atoms with Crippen molar-refractivity contribution in [2.45, 2.75) is 12.1 Å². The highest BCUT2D eigenvalue weighted by molar-refractivity contribution is 5.90. The lowest BCUT2D eigenvalue weighted by atomic mass is 9.98. The predicted octanol–water partition coefficient (Wildman–Crippen LogP) is -0.429. The average molecular weight is 154 g/mol. The van der Waals surface area contributed by atoms with Gasteiger partial charge in [0.05, 0.1) is 11.2 Å². The monoisotopic (exact) mass is 154 g/mol. The van der Waals surface area contributed by atoms with Gasteiger partial charge in [-0.25, -0.2) is 4.79 Å². The van der Waals surface area contributed by atoms with Crippen LogP contribution in [0, 0.1) is 0 Å². The van der Waals surface area contributed by atoms with Gasteiger partial charge < -0.3 is 16.6 Å². The molecule has 0 atom stereocenters. The molecular formula is C7H10N2O2. The molecule has 1 rings (SSSR count). The maximum absolute atomic E-state index is 10.4. The fourth-order valence-corrected chi connectivity index (χ4v) is 0.920. The molecule has 11 heavy (non-hydrogen) atoms. The van der Waals surface area contributed by atoms with Crippen molar-refractivity contribution in [2.75, 3.05) is 0 Å². The summed E-state index contributed by atoms with van der Waals surface area (Å²) in [6.07, 6.45) is 4.99. The van der Waals surface area contributed by atoms with Gasteiger partial charge in [-0.15, -0.1) is 0 Å². The van der Waals surface area contributed by atoms with E-state index in [1.54, 1.807) is 6.08 Å². The number of hydrogen-bond donors (Lipinski definition) is 3. The van der Waals surface area contributed by atoms with Gasteiger partial charge in [0.15, 0.2) is 0 Å². The van der Waals surface area contributed by atoms with Gasteiger partial charge in [0.1, 0.15) is 0 Å². The molecule has 4 heteroatoms. The largest absolute Gasteiger partial charge is 0.478 e. The van der Waals surface area contributed by atoms with E-state index in [1.165, 1.54) is 12.2 Å². The molecule has 0 aromatic heterocycles. The van der Waals surface area contributed by atoms with E-state index >= 15 is 0 Å². The molecule has 0 amide bonds. The third-order valence-corrected chi connectivity index (χ3v) is 1.44. The van der Waals surface area contributed by atoms with Gasteiger partial charge in [-0.05, 0) is 6.08 Å². The van der Waals surface area contributed by atoms with Crippen molar-refractivity contribution in [1.29, 1.82) is 0 Å². The summed E-state index contributed by atoms with van der Waals surface area (Å²) in [4.78, 5) is 10.4. The summed E-state index contributed by atoms with van der Waals surface area (Å²) in [5, 5.41) is 8.54. The number of aliphatic carboxylic acids is 1. The molecule has 1 aliphatic rings. The molecule has 1 aliphatic carbocycles. The van der Waals surface area contributed by atoms with Crippen LogP contribution in [0.3, 0.4) is 0 Å². The van der Waals surface area contributed by atoms with Crippen LogP contribution in [0.5, 0.6) is 0 Å². The second kappa shape index (κ2) is 2.48. The van der Waals surface area contributed by atoms with Crippen LogP contribution in [0.2, 0.25) is 0 Å². The van der Waals surface area contributed by atoms with Crippen LogP contribution in [0.1, 0.15) is 6.42 Å². The highest BCUT2D eigenvalue weighted by Gasteiger charge is 2.20. The minimum absolute atomic E-state index is 0.154. The molecule has 0 heterocycles. The van der Waals surface area contributed by atoms with E-state index in [4.69, 9.17) is 16.6 Å². The van der Waals surface area contributed by atoms with Crippen LogP contribution in [0.15, 0.2) is 23.8 Å². The van der Waals surface area contributed by atoms with Crippen molar-refractivity contribution < 1.29 is 9.90 Å². The molecule has 0 saturated heterocycles. The Bertz CT molecular complexity index is 241. The van der Waals surface area contributed by atoms with E-state index in [0.29, 0.717) is 6.42 Å². The smallest absolute Gasteiger partial charge is 0.335 e. The maximum Gasteiger partial charge on any atom is 0.335 e. The Kier molecular flexibility index (Phi) is 1.80. The summed E-state index contributed by atoms with van der Waals surface area (Å²) in [6.45, 7) is 0. The normalized spacial score (nSPS) is 21.1. The minimum atomic E-state index is -0.999. The molecular weight excluding hydrogens is 144 g/mol. The van der Waals surface area contributed by atoms with Gasteiger partial charge in [0, 0.05) is 6.42 Å². The molecule has 0 bridgehead atoms. The number of carboxylic acids is 1. The van der Waals surface area contributed by atoms with E-state index < -0.39 is 11.6 Å². The Morgan fingerprint density at radius 1 is 1.64 bits per heavy atom. The van der Waals surface area contributed by atoms with Gasteiger partial charge in [-0.2, -0.15) is 0 Å². The topological polar surface area (TPSA) is 89.3 Å². The first-order valence-electron chi connectivity index (χ1n) is 3.22. The summed E-state index contributed by atoms with van der Waals surface area (Å²) in [5.74, 6) is -0.999. The number of rotatable bonds is 1. The van der Waals surface area contributed by atoms with Gasteiger partial charge in [0.2, 0.25) is 0 Å². The fraction of sp³-hybridized carbons (Fsp3) is 0.286. The molecule has 0 radical (unpaired) electrons. The average Bonchev–Trinajstić information content (AvgIpc) is 1.85. The second-order valence-corrected chi connectivity index (χ2v) is 2.62. The summed E-state index contributed by atoms with van der Waals surface area (Å²) in [5.41, 5.74) is 10.1. The molecule has 0 saturated carbocycles. The summed E-state index contributed by atoms with van der Waals surface area (Å²) in [7, 11) is 0. The van der Waals surface area contributed by atoms with Crippen molar-refractivity contribution in [3.8, 4) is 0 Å². The Balaban J connectivity index is 2.89. The van der Waals surface area contributed by atoms with Gasteiger partial charge in [-0.3, -0.25) is 0 Å². The quantitative estimate of drug-likeness (QED) is 0.447. The zero-order valence-corrected chi connectivity index (χ0v) is 5.95. The van der Waals surface area contributed by atoms with Crippen LogP contribution in [0.25, 0.3) is 0 Å². The zero-order chi connectivity index (χ0) is 8.48. The highest BCUT2D eigenvalue weighted by atomic mass is 16.4. The lowest BCUT2D eigenvalue weighted by Crippen LogP contribution is -2.48. The Hall–Kier alpha value is -1.13. The first-order valence-corrected chi connectivity index (χ1v) is 3.22. The van der Waals surface area contributed by atoms with E-state index in [-0.39, 0.29) is 5.57 Å². The van der Waals surface area contributed by atoms with Gasteiger partial charge >= 0.3 is 5.97 Å². The summed E-state index contributed by atoms with van der Waals surface area (Å²) < 4.78 is 0. The number of nitrogens with two attached hydrogens (primary N) is 2. The molecule has 60 valence electrons. The first kappa shape index (κ1) is 7.97. The summed E-state index contributed by atoms with van der Waals surface area (Å²) >= 11 is 0. The SMILES string of the molecule is NC1(N)C=C(C(=O)O)C=CC1. The third-order valence-electron chi connectivity index (χ3n) is 1.44. The van der Waals surface area contributed by atoms with Crippen molar-refractivity contribution in [2.24, 2.45) is 11.5 Å². The Morgan fingerprint density at radius 2 is 2.27 bits per heavy atom. The standard InChI is InChI=1S/C7H10N2O2/c8-7(9)3-1-2-5(4-7)6(10)11/h1-2,4H,3,8-9H2,(H,10,11). The van der Waals surface area contributed by atoms with Crippen LogP contribution >= 0.6 is 0 Å². The molecule has 0 aromatic carbocycles. The van der Waals surface area contributed by atoms with Crippen molar-refractivity contribution in [3.05, 3.63) is 23.8 Å². The highest BCUT2D eigenvalue weighted by Crippen LogP contribution is 2.13. The van der Waals surface area contributed by atoms with Crippen LogP contribution in [-0.2, 0) is 4.79 Å². The maximum atomic E-state index is 10.4. The number of carboxylic acid groups (broad SMARTS) is 1. The van der Waals surface area contributed by atoms with Crippen LogP contribution in [0.4, 0.5) is 0 Å². The summed E-state index contributed by atoms with van der Waals surface area (Å²) in [6, 6.07) is 0. The number of carbonyl (C=O) groups is 1. The van der Waals surface area contributed by atoms with Crippen LogP contribution in [-0.4, -0.2) is 16.7 Å². The van der Waals surface area contributed by atoms with Crippen molar-refractivity contribution >= 4 is 5.97 Å². The molecule has 0 unspecified atom stereocenters. The lowest BCUT2D eigenvalue weighted by molar-refractivity contribution is -0.132. The molecule has 5 N–H and O–H groups in total. The second-order valence-electron chi connectivity index (χ2n) is 2.62. The lowest BCUT2D eigenvalue weighted by Gasteiger charge is -2.21. The Morgan fingerprint density at radius 3 is 2.64 bits per heavy atom. The van der Waals surface area contributed by atoms with Crippen LogP contribution < -0.4 is 11.5 Å². The molecule has 0 aliphatic heterocycles. The first-order chi connectivity index (χ1) is 5.01.